The third-order valence-electron chi connectivity index (χ3n) is 3.79. The molecule has 2 N–H and O–H groups in total. The van der Waals surface area contributed by atoms with Crippen LogP contribution >= 0.6 is 0 Å². The van der Waals surface area contributed by atoms with Crippen LogP contribution in [0.3, 0.4) is 0 Å². The molecule has 1 aliphatic rings. The minimum atomic E-state index is -4.50. The number of ether oxygens (including phenoxy) is 1. The summed E-state index contributed by atoms with van der Waals surface area (Å²) in [5.41, 5.74) is -0.309. The van der Waals surface area contributed by atoms with Gasteiger partial charge in [-0.1, -0.05) is 6.58 Å². The molecule has 1 aromatic rings. The van der Waals surface area contributed by atoms with E-state index in [0.717, 1.165) is 6.20 Å². The molecule has 26 heavy (non-hydrogen) atoms. The van der Waals surface area contributed by atoms with Gasteiger partial charge in [0.2, 0.25) is 5.91 Å². The highest BCUT2D eigenvalue weighted by atomic mass is 19.4. The minimum Gasteiger partial charge on any atom is -0.384 e. The van der Waals surface area contributed by atoms with E-state index in [0.29, 0.717) is 51.4 Å². The summed E-state index contributed by atoms with van der Waals surface area (Å²) < 4.78 is 44.7. The number of allylic oxidation sites excluding steroid dienone is 1. The number of amides is 1. The van der Waals surface area contributed by atoms with Crippen LogP contribution in [0.1, 0.15) is 25.3 Å². The number of aromatic nitrogens is 1. The molecule has 1 aromatic heterocycles. The average molecular weight is 372 g/mol. The number of alkyl halides is 3. The Kier molecular flexibility index (Phi) is 6.84. The first-order valence-corrected chi connectivity index (χ1v) is 8.36. The SMILES string of the molecule is C=C(C)Nc1cc(NCCCN2CCOCCC2=O)c(C(F)(F)F)cn1. The van der Waals surface area contributed by atoms with E-state index in [-0.39, 0.29) is 17.4 Å². The highest BCUT2D eigenvalue weighted by Crippen LogP contribution is 2.35. The van der Waals surface area contributed by atoms with Gasteiger partial charge in [-0.2, -0.15) is 13.2 Å². The van der Waals surface area contributed by atoms with Crippen molar-refractivity contribution in [3.8, 4) is 0 Å². The fourth-order valence-electron chi connectivity index (χ4n) is 2.56. The fraction of sp³-hybridized carbons (Fsp3) is 0.529. The molecule has 0 aromatic carbocycles. The second-order valence-corrected chi connectivity index (χ2v) is 6.04. The number of nitrogens with one attached hydrogen (secondary N) is 2. The van der Waals surface area contributed by atoms with E-state index in [1.165, 1.54) is 6.07 Å². The molecule has 0 aliphatic carbocycles. The molecule has 0 radical (unpaired) electrons. The van der Waals surface area contributed by atoms with Crippen molar-refractivity contribution in [2.24, 2.45) is 0 Å². The normalized spacial score (nSPS) is 15.5. The van der Waals surface area contributed by atoms with Gasteiger partial charge in [0.05, 0.1) is 30.9 Å². The molecule has 0 spiro atoms. The third-order valence-corrected chi connectivity index (χ3v) is 3.79. The van der Waals surface area contributed by atoms with Crippen molar-refractivity contribution in [3.63, 3.8) is 0 Å². The van der Waals surface area contributed by atoms with Gasteiger partial charge in [0, 0.05) is 37.6 Å². The van der Waals surface area contributed by atoms with E-state index < -0.39 is 11.7 Å². The lowest BCUT2D eigenvalue weighted by atomic mass is 10.2. The molecule has 2 rings (SSSR count). The average Bonchev–Trinajstić information content (AvgIpc) is 2.74. The Balaban J connectivity index is 1.97. The van der Waals surface area contributed by atoms with E-state index in [1.807, 2.05) is 0 Å². The van der Waals surface area contributed by atoms with Gasteiger partial charge in [-0.3, -0.25) is 4.79 Å². The van der Waals surface area contributed by atoms with Crippen molar-refractivity contribution in [1.29, 1.82) is 0 Å². The third kappa shape index (κ3) is 5.91. The maximum absolute atomic E-state index is 13.2. The number of nitrogens with zero attached hydrogens (tertiary/aromatic N) is 2. The number of carbonyl (C=O) groups excluding carboxylic acids is 1. The lowest BCUT2D eigenvalue weighted by Crippen LogP contribution is -2.33. The monoisotopic (exact) mass is 372 g/mol. The Hall–Kier alpha value is -2.29. The summed E-state index contributed by atoms with van der Waals surface area (Å²) >= 11 is 0. The number of halogens is 3. The summed E-state index contributed by atoms with van der Waals surface area (Å²) in [7, 11) is 0. The smallest absolute Gasteiger partial charge is 0.384 e. The van der Waals surface area contributed by atoms with Crippen LogP contribution in [-0.2, 0) is 15.7 Å². The highest BCUT2D eigenvalue weighted by Gasteiger charge is 2.34. The molecule has 1 amide bonds. The molecule has 2 heterocycles. The van der Waals surface area contributed by atoms with Crippen LogP contribution in [0.4, 0.5) is 24.7 Å². The van der Waals surface area contributed by atoms with E-state index in [1.54, 1.807) is 11.8 Å². The molecule has 144 valence electrons. The van der Waals surface area contributed by atoms with Gasteiger partial charge in [0.1, 0.15) is 5.82 Å². The number of hydrogen-bond acceptors (Lipinski definition) is 5. The lowest BCUT2D eigenvalue weighted by Gasteiger charge is -2.20. The molecule has 0 atom stereocenters. The summed E-state index contributed by atoms with van der Waals surface area (Å²) in [5, 5.41) is 5.60. The first kappa shape index (κ1) is 20.0. The van der Waals surface area contributed by atoms with Gasteiger partial charge < -0.3 is 20.3 Å². The topological polar surface area (TPSA) is 66.5 Å². The van der Waals surface area contributed by atoms with Crippen LogP contribution in [0.15, 0.2) is 24.5 Å². The molecule has 9 heteroatoms. The van der Waals surface area contributed by atoms with Crippen molar-refractivity contribution in [2.75, 3.05) is 43.5 Å². The number of rotatable bonds is 7. The van der Waals surface area contributed by atoms with E-state index >= 15 is 0 Å². The van der Waals surface area contributed by atoms with E-state index in [9.17, 15) is 18.0 Å². The van der Waals surface area contributed by atoms with Crippen molar-refractivity contribution in [2.45, 2.75) is 25.9 Å². The summed E-state index contributed by atoms with van der Waals surface area (Å²) in [6.45, 7) is 7.51. The van der Waals surface area contributed by atoms with Gasteiger partial charge in [-0.05, 0) is 13.3 Å². The van der Waals surface area contributed by atoms with E-state index in [2.05, 4.69) is 22.2 Å². The van der Waals surface area contributed by atoms with Crippen molar-refractivity contribution in [1.82, 2.24) is 9.88 Å². The first-order valence-electron chi connectivity index (χ1n) is 8.36. The van der Waals surface area contributed by atoms with Crippen LogP contribution in [0.2, 0.25) is 0 Å². The molecular formula is C17H23F3N4O2. The maximum atomic E-state index is 13.2. The van der Waals surface area contributed by atoms with Gasteiger partial charge in [0.15, 0.2) is 0 Å². The molecule has 1 saturated heterocycles. The number of hydrogen-bond donors (Lipinski definition) is 2. The molecular weight excluding hydrogens is 349 g/mol. The predicted molar refractivity (Wildman–Crippen MR) is 92.8 cm³/mol. The Morgan fingerprint density at radius 2 is 2.19 bits per heavy atom. The quantitative estimate of drug-likeness (QED) is 0.720. The molecule has 0 saturated carbocycles. The van der Waals surface area contributed by atoms with Crippen LogP contribution in [0.5, 0.6) is 0 Å². The summed E-state index contributed by atoms with van der Waals surface area (Å²) in [6, 6.07) is 1.31. The predicted octanol–water partition coefficient (Wildman–Crippen LogP) is 3.10. The van der Waals surface area contributed by atoms with Crippen LogP contribution < -0.4 is 10.6 Å². The first-order chi connectivity index (χ1) is 12.3. The number of pyridine rings is 1. The van der Waals surface area contributed by atoms with Gasteiger partial charge in [-0.15, -0.1) is 0 Å². The highest BCUT2D eigenvalue weighted by molar-refractivity contribution is 5.76. The number of carbonyl (C=O) groups is 1. The van der Waals surface area contributed by atoms with Crippen LogP contribution in [-0.4, -0.2) is 48.6 Å². The maximum Gasteiger partial charge on any atom is 0.419 e. The van der Waals surface area contributed by atoms with Crippen LogP contribution in [0.25, 0.3) is 0 Å². The van der Waals surface area contributed by atoms with Gasteiger partial charge >= 0.3 is 6.18 Å². The second-order valence-electron chi connectivity index (χ2n) is 6.04. The second kappa shape index (κ2) is 8.88. The lowest BCUT2D eigenvalue weighted by molar-refractivity contribution is -0.137. The zero-order valence-electron chi connectivity index (χ0n) is 14.7. The Morgan fingerprint density at radius 1 is 1.42 bits per heavy atom. The molecule has 1 fully saturated rings. The standard InChI is InChI=1S/C17H23F3N4O2/c1-12(2)23-15-10-14(13(11-22-15)17(18,19)20)21-5-3-6-24-7-9-26-8-4-16(24)25/h10-11H,1,3-9H2,2H3,(H2,21,22,23). The molecule has 1 aliphatic heterocycles. The van der Waals surface area contributed by atoms with Crippen molar-refractivity contribution >= 4 is 17.4 Å². The largest absolute Gasteiger partial charge is 0.419 e. The minimum absolute atomic E-state index is 0.00957. The summed E-state index contributed by atoms with van der Waals surface area (Å²) in [4.78, 5) is 17.3. The van der Waals surface area contributed by atoms with Crippen LogP contribution in [0, 0.1) is 0 Å². The zero-order chi connectivity index (χ0) is 19.2. The van der Waals surface area contributed by atoms with Crippen molar-refractivity contribution in [3.05, 3.63) is 30.1 Å². The van der Waals surface area contributed by atoms with E-state index in [4.69, 9.17) is 4.74 Å². The summed E-state index contributed by atoms with van der Waals surface area (Å²) in [6.07, 6.45) is -2.85. The van der Waals surface area contributed by atoms with Gasteiger partial charge in [0.25, 0.3) is 0 Å². The summed E-state index contributed by atoms with van der Waals surface area (Å²) in [5.74, 6) is 0.295. The zero-order valence-corrected chi connectivity index (χ0v) is 14.7. The molecule has 0 bridgehead atoms. The number of anilines is 2. The Labute approximate surface area is 150 Å². The van der Waals surface area contributed by atoms with Gasteiger partial charge in [-0.25, -0.2) is 4.98 Å². The Bertz CT molecular complexity index is 649. The molecule has 0 unspecified atom stereocenters. The molecule has 6 nitrogen and oxygen atoms in total. The fourth-order valence-corrected chi connectivity index (χ4v) is 2.56. The Morgan fingerprint density at radius 3 is 2.88 bits per heavy atom. The van der Waals surface area contributed by atoms with Crippen molar-refractivity contribution < 1.29 is 22.7 Å².